The minimum absolute atomic E-state index is 0.0315. The zero-order valence-corrected chi connectivity index (χ0v) is 14.5. The van der Waals surface area contributed by atoms with Crippen molar-refractivity contribution in [3.63, 3.8) is 0 Å². The van der Waals surface area contributed by atoms with Crippen LogP contribution in [0.3, 0.4) is 0 Å². The minimum atomic E-state index is -0.303. The monoisotopic (exact) mass is 338 g/mol. The summed E-state index contributed by atoms with van der Waals surface area (Å²) in [6.45, 7) is 8.58. The standard InChI is InChI=1S/C18H27FN2O3/c1-14(2)17(21-8-11-23-12-9-21)13-20-18(22)7-10-24-16-5-3-15(19)4-6-16/h3-6,14,17H,7-13H2,1-2H3,(H,20,22). The Balaban J connectivity index is 1.69. The summed E-state index contributed by atoms with van der Waals surface area (Å²) in [6.07, 6.45) is 0.283. The van der Waals surface area contributed by atoms with Gasteiger partial charge in [0.1, 0.15) is 11.6 Å². The Morgan fingerprint density at radius 1 is 1.29 bits per heavy atom. The van der Waals surface area contributed by atoms with Gasteiger partial charge in [0, 0.05) is 25.7 Å². The van der Waals surface area contributed by atoms with Crippen LogP contribution in [-0.4, -0.2) is 56.3 Å². The van der Waals surface area contributed by atoms with Crippen molar-refractivity contribution < 1.29 is 18.7 Å². The summed E-state index contributed by atoms with van der Waals surface area (Å²) in [7, 11) is 0. The lowest BCUT2D eigenvalue weighted by Crippen LogP contribution is -2.51. The van der Waals surface area contributed by atoms with Gasteiger partial charge in [0.25, 0.3) is 0 Å². The quantitative estimate of drug-likeness (QED) is 0.788. The molecule has 1 aromatic carbocycles. The maximum atomic E-state index is 12.8. The van der Waals surface area contributed by atoms with Crippen LogP contribution in [0.4, 0.5) is 4.39 Å². The van der Waals surface area contributed by atoms with Gasteiger partial charge in [-0.2, -0.15) is 0 Å². The molecule has 1 heterocycles. The number of halogens is 1. The van der Waals surface area contributed by atoms with E-state index in [0.29, 0.717) is 24.3 Å². The first-order chi connectivity index (χ1) is 11.6. The van der Waals surface area contributed by atoms with Crippen molar-refractivity contribution in [3.8, 4) is 5.75 Å². The van der Waals surface area contributed by atoms with Gasteiger partial charge < -0.3 is 14.8 Å². The van der Waals surface area contributed by atoms with Crippen molar-refractivity contribution in [1.29, 1.82) is 0 Å². The van der Waals surface area contributed by atoms with Crippen LogP contribution in [0, 0.1) is 11.7 Å². The molecule has 1 saturated heterocycles. The lowest BCUT2D eigenvalue weighted by atomic mass is 10.0. The zero-order valence-electron chi connectivity index (χ0n) is 14.5. The molecule has 0 radical (unpaired) electrons. The topological polar surface area (TPSA) is 50.8 Å². The molecule has 1 fully saturated rings. The summed E-state index contributed by atoms with van der Waals surface area (Å²) in [5, 5.41) is 3.00. The number of morpholine rings is 1. The van der Waals surface area contributed by atoms with Gasteiger partial charge in [0.05, 0.1) is 26.2 Å². The van der Waals surface area contributed by atoms with Crippen LogP contribution in [0.25, 0.3) is 0 Å². The van der Waals surface area contributed by atoms with Crippen LogP contribution in [0.15, 0.2) is 24.3 Å². The molecular weight excluding hydrogens is 311 g/mol. The molecule has 1 atom stereocenters. The average molecular weight is 338 g/mol. The number of benzene rings is 1. The van der Waals surface area contributed by atoms with E-state index in [-0.39, 0.29) is 24.8 Å². The Morgan fingerprint density at radius 2 is 1.96 bits per heavy atom. The van der Waals surface area contributed by atoms with E-state index in [1.54, 1.807) is 12.1 Å². The van der Waals surface area contributed by atoms with Crippen molar-refractivity contribution in [1.82, 2.24) is 10.2 Å². The number of ether oxygens (including phenoxy) is 2. The smallest absolute Gasteiger partial charge is 0.223 e. The summed E-state index contributed by atoms with van der Waals surface area (Å²) in [4.78, 5) is 14.4. The third kappa shape index (κ3) is 6.09. The molecule has 0 spiro atoms. The molecule has 24 heavy (non-hydrogen) atoms. The molecule has 2 rings (SSSR count). The molecule has 6 heteroatoms. The summed E-state index contributed by atoms with van der Waals surface area (Å²) < 4.78 is 23.6. The molecule has 5 nitrogen and oxygen atoms in total. The first kappa shape index (κ1) is 18.7. The SMILES string of the molecule is CC(C)C(CNC(=O)CCOc1ccc(F)cc1)N1CCOCC1. The van der Waals surface area contributed by atoms with Gasteiger partial charge in [-0.25, -0.2) is 4.39 Å². The second-order valence-corrected chi connectivity index (χ2v) is 6.32. The molecule has 1 N–H and O–H groups in total. The van der Waals surface area contributed by atoms with Crippen molar-refractivity contribution >= 4 is 5.91 Å². The minimum Gasteiger partial charge on any atom is -0.493 e. The summed E-state index contributed by atoms with van der Waals surface area (Å²) in [5.74, 6) is 0.690. The third-order valence-corrected chi connectivity index (χ3v) is 4.20. The predicted molar refractivity (Wildman–Crippen MR) is 90.5 cm³/mol. The van der Waals surface area contributed by atoms with Crippen molar-refractivity contribution in [3.05, 3.63) is 30.1 Å². The third-order valence-electron chi connectivity index (χ3n) is 4.20. The Morgan fingerprint density at radius 3 is 2.58 bits per heavy atom. The average Bonchev–Trinajstić information content (AvgIpc) is 2.57. The van der Waals surface area contributed by atoms with E-state index in [2.05, 4.69) is 24.1 Å². The molecule has 0 bridgehead atoms. The summed E-state index contributed by atoms with van der Waals surface area (Å²) in [6, 6.07) is 6.10. The molecule has 1 amide bonds. The molecule has 1 aliphatic heterocycles. The normalized spacial score (nSPS) is 16.8. The maximum absolute atomic E-state index is 12.8. The number of rotatable bonds is 8. The lowest BCUT2D eigenvalue weighted by molar-refractivity contribution is -0.122. The summed E-state index contributed by atoms with van der Waals surface area (Å²) >= 11 is 0. The largest absolute Gasteiger partial charge is 0.493 e. The van der Waals surface area contributed by atoms with Crippen molar-refractivity contribution in [2.24, 2.45) is 5.92 Å². The number of nitrogens with zero attached hydrogens (tertiary/aromatic N) is 1. The number of carbonyl (C=O) groups is 1. The van der Waals surface area contributed by atoms with Crippen molar-refractivity contribution in [2.45, 2.75) is 26.3 Å². The number of hydrogen-bond acceptors (Lipinski definition) is 4. The van der Waals surface area contributed by atoms with Gasteiger partial charge in [-0.15, -0.1) is 0 Å². The zero-order chi connectivity index (χ0) is 17.4. The molecular formula is C18H27FN2O3. The molecule has 1 aromatic rings. The van der Waals surface area contributed by atoms with Gasteiger partial charge in [0.2, 0.25) is 5.91 Å². The summed E-state index contributed by atoms with van der Waals surface area (Å²) in [5.41, 5.74) is 0. The first-order valence-corrected chi connectivity index (χ1v) is 8.53. The van der Waals surface area contributed by atoms with E-state index in [4.69, 9.17) is 9.47 Å². The predicted octanol–water partition coefficient (Wildman–Crippen LogP) is 2.07. The van der Waals surface area contributed by atoms with Crippen LogP contribution in [-0.2, 0) is 9.53 Å². The Hall–Kier alpha value is -1.66. The number of carbonyl (C=O) groups excluding carboxylic acids is 1. The Labute approximate surface area is 143 Å². The van der Waals surface area contributed by atoms with E-state index in [1.807, 2.05) is 0 Å². The van der Waals surface area contributed by atoms with Gasteiger partial charge in [0.15, 0.2) is 0 Å². The Bertz CT molecular complexity index is 501. The Kier molecular flexibility index (Phi) is 7.46. The maximum Gasteiger partial charge on any atom is 0.223 e. The number of amides is 1. The van der Waals surface area contributed by atoms with Crippen LogP contribution in [0.5, 0.6) is 5.75 Å². The fraction of sp³-hybridized carbons (Fsp3) is 0.611. The van der Waals surface area contributed by atoms with E-state index in [0.717, 1.165) is 26.3 Å². The van der Waals surface area contributed by atoms with E-state index in [1.165, 1.54) is 12.1 Å². The van der Waals surface area contributed by atoms with Crippen LogP contribution in [0.1, 0.15) is 20.3 Å². The van der Waals surface area contributed by atoms with Gasteiger partial charge >= 0.3 is 0 Å². The molecule has 1 unspecified atom stereocenters. The molecule has 0 aliphatic carbocycles. The second kappa shape index (κ2) is 9.59. The van der Waals surface area contributed by atoms with Crippen LogP contribution < -0.4 is 10.1 Å². The van der Waals surface area contributed by atoms with Gasteiger partial charge in [-0.05, 0) is 30.2 Å². The first-order valence-electron chi connectivity index (χ1n) is 8.53. The number of hydrogen-bond donors (Lipinski definition) is 1. The van der Waals surface area contributed by atoms with Gasteiger partial charge in [-0.3, -0.25) is 9.69 Å². The van der Waals surface area contributed by atoms with E-state index >= 15 is 0 Å². The highest BCUT2D eigenvalue weighted by atomic mass is 19.1. The molecule has 134 valence electrons. The van der Waals surface area contributed by atoms with E-state index in [9.17, 15) is 9.18 Å². The van der Waals surface area contributed by atoms with Gasteiger partial charge in [-0.1, -0.05) is 13.8 Å². The van der Waals surface area contributed by atoms with Crippen molar-refractivity contribution in [2.75, 3.05) is 39.5 Å². The molecule has 0 saturated carbocycles. The van der Waals surface area contributed by atoms with E-state index < -0.39 is 0 Å². The number of nitrogens with one attached hydrogen (secondary N) is 1. The fourth-order valence-electron chi connectivity index (χ4n) is 2.79. The highest BCUT2D eigenvalue weighted by molar-refractivity contribution is 5.76. The molecule has 1 aliphatic rings. The lowest BCUT2D eigenvalue weighted by Gasteiger charge is -2.36. The highest BCUT2D eigenvalue weighted by Gasteiger charge is 2.24. The second-order valence-electron chi connectivity index (χ2n) is 6.32. The molecule has 0 aromatic heterocycles. The fourth-order valence-corrected chi connectivity index (χ4v) is 2.79. The van der Waals surface area contributed by atoms with Crippen LogP contribution in [0.2, 0.25) is 0 Å². The van der Waals surface area contributed by atoms with Crippen LogP contribution >= 0.6 is 0 Å². The highest BCUT2D eigenvalue weighted by Crippen LogP contribution is 2.13.